The summed E-state index contributed by atoms with van der Waals surface area (Å²) in [6, 6.07) is 7.99. The minimum atomic E-state index is -2.81. The second kappa shape index (κ2) is 7.25. The molecule has 1 N–H and O–H groups in total. The summed E-state index contributed by atoms with van der Waals surface area (Å²) < 4.78 is 28.0. The summed E-state index contributed by atoms with van der Waals surface area (Å²) in [4.78, 5) is 0. The van der Waals surface area contributed by atoms with Crippen LogP contribution in [0.25, 0.3) is 0 Å². The molecular formula is C15H23F2NS. The van der Waals surface area contributed by atoms with E-state index in [9.17, 15) is 8.78 Å². The van der Waals surface area contributed by atoms with E-state index >= 15 is 0 Å². The van der Waals surface area contributed by atoms with Gasteiger partial charge in [0.25, 0.3) is 5.92 Å². The number of hydrogen-bond donors (Lipinski definition) is 1. The van der Waals surface area contributed by atoms with Crippen molar-refractivity contribution in [1.82, 2.24) is 5.32 Å². The van der Waals surface area contributed by atoms with Gasteiger partial charge in [0.2, 0.25) is 0 Å². The highest BCUT2D eigenvalue weighted by Crippen LogP contribution is 2.31. The molecule has 19 heavy (non-hydrogen) atoms. The minimum absolute atomic E-state index is 0.0623. The van der Waals surface area contributed by atoms with E-state index < -0.39 is 5.92 Å². The maximum Gasteiger partial charge on any atom is 0.285 e. The number of thioether (sulfide) groups is 1. The normalized spacial score (nSPS) is 12.7. The fourth-order valence-corrected chi connectivity index (χ4v) is 2.92. The number of benzene rings is 1. The van der Waals surface area contributed by atoms with Crippen molar-refractivity contribution in [3.63, 3.8) is 0 Å². The zero-order valence-corrected chi connectivity index (χ0v) is 12.7. The van der Waals surface area contributed by atoms with Gasteiger partial charge in [0.15, 0.2) is 0 Å². The van der Waals surface area contributed by atoms with E-state index in [0.717, 1.165) is 12.8 Å². The molecule has 0 radical (unpaired) electrons. The van der Waals surface area contributed by atoms with Crippen LogP contribution < -0.4 is 5.32 Å². The molecule has 0 saturated carbocycles. The Morgan fingerprint density at radius 1 is 1.05 bits per heavy atom. The van der Waals surface area contributed by atoms with Gasteiger partial charge < -0.3 is 5.32 Å². The maximum atomic E-state index is 14.0. The summed E-state index contributed by atoms with van der Waals surface area (Å²) in [7, 11) is 0. The minimum Gasteiger partial charge on any atom is -0.309 e. The van der Waals surface area contributed by atoms with Gasteiger partial charge in [0.05, 0.1) is 6.54 Å². The average molecular weight is 287 g/mol. The van der Waals surface area contributed by atoms with Crippen LogP contribution in [-0.4, -0.2) is 24.1 Å². The smallest absolute Gasteiger partial charge is 0.285 e. The standard InChI is InChI=1S/C15H23F2NS/c1-4-14(5-2,19-3)11-18-12-15(16,17)13-9-7-6-8-10-13/h6-10,18H,4-5,11-12H2,1-3H3. The second-order valence-electron chi connectivity index (χ2n) is 4.77. The third-order valence-electron chi connectivity index (χ3n) is 3.71. The molecular weight excluding hydrogens is 264 g/mol. The lowest BCUT2D eigenvalue weighted by Gasteiger charge is -2.31. The van der Waals surface area contributed by atoms with Crippen molar-refractivity contribution in [2.45, 2.75) is 37.4 Å². The van der Waals surface area contributed by atoms with E-state index in [4.69, 9.17) is 0 Å². The Bertz CT molecular complexity index is 355. The summed E-state index contributed by atoms with van der Waals surface area (Å²) in [5.41, 5.74) is 0.0743. The molecule has 0 bridgehead atoms. The molecule has 4 heteroatoms. The Balaban J connectivity index is 2.57. The molecule has 0 spiro atoms. The number of hydrogen-bond acceptors (Lipinski definition) is 2. The monoisotopic (exact) mass is 287 g/mol. The molecule has 1 aromatic rings. The SMILES string of the molecule is CCC(CC)(CNCC(F)(F)c1ccccc1)SC. The molecule has 1 aromatic carbocycles. The lowest BCUT2D eigenvalue weighted by molar-refractivity contribution is -0.00352. The Hall–Kier alpha value is -0.610. The van der Waals surface area contributed by atoms with E-state index in [1.54, 1.807) is 30.0 Å². The van der Waals surface area contributed by atoms with Crippen LogP contribution in [-0.2, 0) is 5.92 Å². The average Bonchev–Trinajstić information content (AvgIpc) is 2.45. The molecule has 0 aromatic heterocycles. The van der Waals surface area contributed by atoms with Gasteiger partial charge in [0.1, 0.15) is 0 Å². The van der Waals surface area contributed by atoms with Gasteiger partial charge in [-0.3, -0.25) is 0 Å². The highest BCUT2D eigenvalue weighted by Gasteiger charge is 2.32. The van der Waals surface area contributed by atoms with Crippen LogP contribution in [0, 0.1) is 0 Å². The predicted octanol–water partition coefficient (Wildman–Crippen LogP) is 4.29. The van der Waals surface area contributed by atoms with Gasteiger partial charge in [-0.2, -0.15) is 20.5 Å². The summed E-state index contributed by atoms with van der Waals surface area (Å²) in [6.45, 7) is 4.52. The Labute approximate surface area is 119 Å². The Kier molecular flexibility index (Phi) is 6.27. The maximum absolute atomic E-state index is 14.0. The molecule has 0 aliphatic rings. The van der Waals surface area contributed by atoms with Crippen LogP contribution in [0.3, 0.4) is 0 Å². The first-order valence-electron chi connectivity index (χ1n) is 6.69. The van der Waals surface area contributed by atoms with Gasteiger partial charge in [0, 0.05) is 16.9 Å². The van der Waals surface area contributed by atoms with Crippen molar-refractivity contribution in [2.75, 3.05) is 19.3 Å². The van der Waals surface area contributed by atoms with Crippen LogP contribution in [0.15, 0.2) is 30.3 Å². The van der Waals surface area contributed by atoms with E-state index in [1.165, 1.54) is 12.1 Å². The fraction of sp³-hybridized carbons (Fsp3) is 0.600. The summed E-state index contributed by atoms with van der Waals surface area (Å²) in [5.74, 6) is -2.81. The van der Waals surface area contributed by atoms with E-state index in [0.29, 0.717) is 6.54 Å². The first-order chi connectivity index (χ1) is 8.99. The van der Waals surface area contributed by atoms with Crippen molar-refractivity contribution in [3.8, 4) is 0 Å². The number of alkyl halides is 2. The number of nitrogens with one attached hydrogen (secondary N) is 1. The third kappa shape index (κ3) is 4.46. The quantitative estimate of drug-likeness (QED) is 0.765. The topological polar surface area (TPSA) is 12.0 Å². The molecule has 0 saturated heterocycles. The second-order valence-corrected chi connectivity index (χ2v) is 6.04. The van der Waals surface area contributed by atoms with Crippen LogP contribution in [0.2, 0.25) is 0 Å². The van der Waals surface area contributed by atoms with E-state index in [-0.39, 0.29) is 16.9 Å². The largest absolute Gasteiger partial charge is 0.309 e. The lowest BCUT2D eigenvalue weighted by Crippen LogP contribution is -2.41. The molecule has 0 heterocycles. The molecule has 1 rings (SSSR count). The van der Waals surface area contributed by atoms with E-state index in [2.05, 4.69) is 19.2 Å². The number of halogens is 2. The van der Waals surface area contributed by atoms with E-state index in [1.807, 2.05) is 6.26 Å². The van der Waals surface area contributed by atoms with Crippen molar-refractivity contribution >= 4 is 11.8 Å². The first kappa shape index (κ1) is 16.4. The summed E-state index contributed by atoms with van der Waals surface area (Å²) in [5, 5.41) is 2.95. The molecule has 108 valence electrons. The predicted molar refractivity (Wildman–Crippen MR) is 80.0 cm³/mol. The van der Waals surface area contributed by atoms with Crippen molar-refractivity contribution in [1.29, 1.82) is 0 Å². The molecule has 0 unspecified atom stereocenters. The summed E-state index contributed by atoms with van der Waals surface area (Å²) in [6.07, 6.45) is 4.01. The highest BCUT2D eigenvalue weighted by molar-refractivity contribution is 8.00. The molecule has 1 nitrogen and oxygen atoms in total. The van der Waals surface area contributed by atoms with Crippen molar-refractivity contribution in [3.05, 3.63) is 35.9 Å². The van der Waals surface area contributed by atoms with Gasteiger partial charge >= 0.3 is 0 Å². The van der Waals surface area contributed by atoms with Gasteiger partial charge in [-0.25, -0.2) is 0 Å². The fourth-order valence-electron chi connectivity index (χ4n) is 2.09. The molecule has 0 fully saturated rings. The van der Waals surface area contributed by atoms with Gasteiger partial charge in [-0.05, 0) is 19.1 Å². The van der Waals surface area contributed by atoms with Crippen LogP contribution in [0.4, 0.5) is 8.78 Å². The van der Waals surface area contributed by atoms with Crippen LogP contribution in [0.1, 0.15) is 32.3 Å². The Morgan fingerprint density at radius 2 is 1.63 bits per heavy atom. The zero-order chi connectivity index (χ0) is 14.4. The molecule has 0 aliphatic carbocycles. The summed E-state index contributed by atoms with van der Waals surface area (Å²) >= 11 is 1.76. The zero-order valence-electron chi connectivity index (χ0n) is 11.9. The Morgan fingerprint density at radius 3 is 2.11 bits per heavy atom. The third-order valence-corrected chi connectivity index (χ3v) is 5.30. The highest BCUT2D eigenvalue weighted by atomic mass is 32.2. The van der Waals surface area contributed by atoms with Crippen LogP contribution >= 0.6 is 11.8 Å². The molecule has 0 amide bonds. The van der Waals surface area contributed by atoms with Crippen LogP contribution in [0.5, 0.6) is 0 Å². The van der Waals surface area contributed by atoms with Crippen molar-refractivity contribution < 1.29 is 8.78 Å². The van der Waals surface area contributed by atoms with Crippen molar-refractivity contribution in [2.24, 2.45) is 0 Å². The molecule has 0 aliphatic heterocycles. The lowest BCUT2D eigenvalue weighted by atomic mass is 10.0. The molecule has 0 atom stereocenters. The van der Waals surface area contributed by atoms with Gasteiger partial charge in [-0.1, -0.05) is 44.2 Å². The first-order valence-corrected chi connectivity index (χ1v) is 7.91. The van der Waals surface area contributed by atoms with Gasteiger partial charge in [-0.15, -0.1) is 0 Å². The number of rotatable bonds is 8.